The maximum atomic E-state index is 12.2. The third-order valence-electron chi connectivity index (χ3n) is 3.57. The van der Waals surface area contributed by atoms with Gasteiger partial charge >= 0.3 is 6.03 Å². The normalized spacial score (nSPS) is 13.0. The van der Waals surface area contributed by atoms with Gasteiger partial charge in [-0.3, -0.25) is 5.32 Å². The quantitative estimate of drug-likeness (QED) is 0.890. The number of nitrogens with one attached hydrogen (secondary N) is 2. The molecule has 1 atom stereocenters. The lowest BCUT2D eigenvalue weighted by atomic mass is 9.92. The van der Waals surface area contributed by atoms with E-state index in [-0.39, 0.29) is 17.5 Å². The molecule has 2 amide bonds. The first-order valence-electron chi connectivity index (χ1n) is 7.61. The lowest BCUT2D eigenvalue weighted by molar-refractivity contribution is 0.249. The summed E-state index contributed by atoms with van der Waals surface area (Å²) in [5.74, 6) is 0.800. The molecular weight excluding hydrogens is 312 g/mol. The average Bonchev–Trinajstić information content (AvgIpc) is 3.00. The monoisotopic (exact) mass is 336 g/mol. The van der Waals surface area contributed by atoms with E-state index in [9.17, 15) is 4.79 Å². The molecule has 0 aliphatic rings. The predicted octanol–water partition coefficient (Wildman–Crippen LogP) is 3.80. The zero-order valence-corrected chi connectivity index (χ0v) is 15.3. The Labute approximate surface area is 140 Å². The molecule has 0 unspecified atom stereocenters. The van der Waals surface area contributed by atoms with E-state index in [2.05, 4.69) is 41.5 Å². The number of aryl methyl sites for hydroxylation is 2. The number of aromatic nitrogens is 2. The Morgan fingerprint density at radius 2 is 2.09 bits per heavy atom. The Balaban J connectivity index is 1.96. The summed E-state index contributed by atoms with van der Waals surface area (Å²) < 4.78 is 5.15. The summed E-state index contributed by atoms with van der Waals surface area (Å²) in [5, 5.41) is 10.6. The highest BCUT2D eigenvalue weighted by molar-refractivity contribution is 7.14. The predicted molar refractivity (Wildman–Crippen MR) is 92.1 cm³/mol. The molecule has 0 aromatic carbocycles. The standard InChI is InChI=1S/C16H24N4O2S/c1-9(7-12-10(2)20-22-11(12)3)18-15(21)19-14-13(16(4,5)6)17-8-23-14/h8-9H,7H2,1-6H3,(H2,18,19,21)/t9-/m0/s1. The molecule has 7 heteroatoms. The Bertz CT molecular complexity index is 665. The van der Waals surface area contributed by atoms with Crippen LogP contribution < -0.4 is 10.6 Å². The molecule has 0 spiro atoms. The van der Waals surface area contributed by atoms with Crippen molar-refractivity contribution in [3.05, 3.63) is 28.2 Å². The molecule has 23 heavy (non-hydrogen) atoms. The Morgan fingerprint density at radius 3 is 2.65 bits per heavy atom. The van der Waals surface area contributed by atoms with E-state index < -0.39 is 0 Å². The summed E-state index contributed by atoms with van der Waals surface area (Å²) in [6, 6.07) is -0.253. The topological polar surface area (TPSA) is 80.0 Å². The number of amides is 2. The zero-order chi connectivity index (χ0) is 17.2. The molecule has 2 aromatic rings. The summed E-state index contributed by atoms with van der Waals surface area (Å²) in [5.41, 5.74) is 4.46. The van der Waals surface area contributed by atoms with Gasteiger partial charge in [0.1, 0.15) is 10.8 Å². The van der Waals surface area contributed by atoms with Crippen molar-refractivity contribution in [2.45, 2.75) is 59.4 Å². The molecule has 2 rings (SSSR count). The first-order valence-corrected chi connectivity index (χ1v) is 8.49. The van der Waals surface area contributed by atoms with Crippen LogP contribution in [-0.2, 0) is 11.8 Å². The molecule has 0 bridgehead atoms. The second kappa shape index (κ2) is 6.70. The number of thiazole rings is 1. The van der Waals surface area contributed by atoms with Gasteiger partial charge in [-0.05, 0) is 27.2 Å². The van der Waals surface area contributed by atoms with Gasteiger partial charge in [-0.15, -0.1) is 11.3 Å². The van der Waals surface area contributed by atoms with Crippen LogP contribution in [-0.4, -0.2) is 22.2 Å². The van der Waals surface area contributed by atoms with Gasteiger partial charge in [0.25, 0.3) is 0 Å². The number of urea groups is 1. The molecule has 0 saturated carbocycles. The molecule has 0 aliphatic heterocycles. The number of carbonyl (C=O) groups excluding carboxylic acids is 1. The smallest absolute Gasteiger partial charge is 0.320 e. The fourth-order valence-electron chi connectivity index (χ4n) is 2.38. The van der Waals surface area contributed by atoms with E-state index in [0.717, 1.165) is 27.7 Å². The van der Waals surface area contributed by atoms with Crippen LogP contribution in [0.2, 0.25) is 0 Å². The number of rotatable bonds is 4. The average molecular weight is 336 g/mol. The van der Waals surface area contributed by atoms with Crippen LogP contribution >= 0.6 is 11.3 Å². The van der Waals surface area contributed by atoms with E-state index in [1.54, 1.807) is 5.51 Å². The number of carbonyl (C=O) groups is 1. The van der Waals surface area contributed by atoms with Crippen LogP contribution in [0.3, 0.4) is 0 Å². The minimum Gasteiger partial charge on any atom is -0.361 e. The van der Waals surface area contributed by atoms with Crippen molar-refractivity contribution < 1.29 is 9.32 Å². The van der Waals surface area contributed by atoms with Gasteiger partial charge in [0, 0.05) is 17.0 Å². The van der Waals surface area contributed by atoms with Gasteiger partial charge in [0.2, 0.25) is 0 Å². The second-order valence-electron chi connectivity index (χ2n) is 6.79. The summed E-state index contributed by atoms with van der Waals surface area (Å²) in [6.07, 6.45) is 0.684. The minimum absolute atomic E-state index is 0.0298. The number of nitrogens with zero attached hydrogens (tertiary/aromatic N) is 2. The molecule has 0 saturated heterocycles. The van der Waals surface area contributed by atoms with E-state index in [0.29, 0.717) is 6.42 Å². The highest BCUT2D eigenvalue weighted by Gasteiger charge is 2.22. The fraction of sp³-hybridized carbons (Fsp3) is 0.562. The molecule has 0 radical (unpaired) electrons. The lowest BCUT2D eigenvalue weighted by Crippen LogP contribution is -2.37. The van der Waals surface area contributed by atoms with E-state index >= 15 is 0 Å². The van der Waals surface area contributed by atoms with Crippen LogP contribution in [0.1, 0.15) is 50.4 Å². The van der Waals surface area contributed by atoms with Crippen LogP contribution in [0.15, 0.2) is 10.0 Å². The first-order chi connectivity index (χ1) is 10.7. The van der Waals surface area contributed by atoms with Crippen LogP contribution in [0, 0.1) is 13.8 Å². The van der Waals surface area contributed by atoms with E-state index in [1.165, 1.54) is 11.3 Å². The maximum absolute atomic E-state index is 12.2. The van der Waals surface area contributed by atoms with Crippen molar-refractivity contribution in [1.29, 1.82) is 0 Å². The van der Waals surface area contributed by atoms with Gasteiger partial charge in [-0.1, -0.05) is 25.9 Å². The summed E-state index contributed by atoms with van der Waals surface area (Å²) >= 11 is 1.43. The Kier molecular flexibility index (Phi) is 5.09. The van der Waals surface area contributed by atoms with Crippen LogP contribution in [0.5, 0.6) is 0 Å². The highest BCUT2D eigenvalue weighted by atomic mass is 32.1. The lowest BCUT2D eigenvalue weighted by Gasteiger charge is -2.19. The van der Waals surface area contributed by atoms with Crippen molar-refractivity contribution in [2.75, 3.05) is 5.32 Å². The molecule has 2 heterocycles. The molecule has 126 valence electrons. The molecule has 0 aliphatic carbocycles. The Hall–Kier alpha value is -1.89. The second-order valence-corrected chi connectivity index (χ2v) is 7.64. The van der Waals surface area contributed by atoms with Crippen LogP contribution in [0.4, 0.5) is 9.80 Å². The first kappa shape index (κ1) is 17.5. The van der Waals surface area contributed by atoms with Gasteiger partial charge in [-0.2, -0.15) is 0 Å². The van der Waals surface area contributed by atoms with Crippen molar-refractivity contribution in [3.8, 4) is 0 Å². The van der Waals surface area contributed by atoms with Gasteiger partial charge in [0.05, 0.1) is 16.9 Å². The third kappa shape index (κ3) is 4.31. The number of anilines is 1. The summed E-state index contributed by atoms with van der Waals surface area (Å²) in [6.45, 7) is 12.0. The summed E-state index contributed by atoms with van der Waals surface area (Å²) in [7, 11) is 0. The SMILES string of the molecule is Cc1noc(C)c1C[C@H](C)NC(=O)Nc1scnc1C(C)(C)C. The Morgan fingerprint density at radius 1 is 1.39 bits per heavy atom. The fourth-order valence-corrected chi connectivity index (χ4v) is 3.27. The molecule has 0 fully saturated rings. The van der Waals surface area contributed by atoms with Crippen molar-refractivity contribution in [3.63, 3.8) is 0 Å². The van der Waals surface area contributed by atoms with Gasteiger partial charge in [0.15, 0.2) is 0 Å². The maximum Gasteiger partial charge on any atom is 0.320 e. The number of hydrogen-bond donors (Lipinski definition) is 2. The largest absolute Gasteiger partial charge is 0.361 e. The van der Waals surface area contributed by atoms with Crippen molar-refractivity contribution in [2.24, 2.45) is 0 Å². The molecular formula is C16H24N4O2S. The summed E-state index contributed by atoms with van der Waals surface area (Å²) in [4.78, 5) is 16.6. The van der Waals surface area contributed by atoms with Gasteiger partial charge < -0.3 is 9.84 Å². The molecule has 2 N–H and O–H groups in total. The van der Waals surface area contributed by atoms with Crippen molar-refractivity contribution >= 4 is 22.4 Å². The van der Waals surface area contributed by atoms with Gasteiger partial charge in [-0.25, -0.2) is 9.78 Å². The van der Waals surface area contributed by atoms with Crippen molar-refractivity contribution in [1.82, 2.24) is 15.5 Å². The highest BCUT2D eigenvalue weighted by Crippen LogP contribution is 2.31. The zero-order valence-electron chi connectivity index (χ0n) is 14.5. The molecule has 6 nitrogen and oxygen atoms in total. The van der Waals surface area contributed by atoms with E-state index in [1.807, 2.05) is 20.8 Å². The minimum atomic E-state index is -0.223. The van der Waals surface area contributed by atoms with Crippen LogP contribution in [0.25, 0.3) is 0 Å². The van der Waals surface area contributed by atoms with E-state index in [4.69, 9.17) is 4.52 Å². The number of hydrogen-bond acceptors (Lipinski definition) is 5. The molecule has 2 aromatic heterocycles. The third-order valence-corrected chi connectivity index (χ3v) is 4.32.